The van der Waals surface area contributed by atoms with Gasteiger partial charge in [-0.05, 0) is 25.0 Å². The maximum absolute atomic E-state index is 12.0. The predicted octanol–water partition coefficient (Wildman–Crippen LogP) is 2.27. The van der Waals surface area contributed by atoms with Gasteiger partial charge in [-0.1, -0.05) is 18.7 Å². The molecule has 118 valence electrons. The van der Waals surface area contributed by atoms with Crippen LogP contribution >= 0.6 is 0 Å². The molecule has 0 spiro atoms. The van der Waals surface area contributed by atoms with E-state index in [4.69, 9.17) is 9.47 Å². The van der Waals surface area contributed by atoms with Gasteiger partial charge >= 0.3 is 11.9 Å². The Hall–Kier alpha value is -2.17. The van der Waals surface area contributed by atoms with E-state index in [0.717, 1.165) is 5.57 Å². The van der Waals surface area contributed by atoms with Crippen LogP contribution in [0.2, 0.25) is 0 Å². The van der Waals surface area contributed by atoms with Gasteiger partial charge in [0.25, 0.3) is 0 Å². The zero-order chi connectivity index (χ0) is 16.4. The van der Waals surface area contributed by atoms with Gasteiger partial charge in [0, 0.05) is 25.3 Å². The zero-order valence-electron chi connectivity index (χ0n) is 12.9. The van der Waals surface area contributed by atoms with Crippen LogP contribution in [0.3, 0.4) is 0 Å². The fourth-order valence-corrected chi connectivity index (χ4v) is 2.84. The Balaban J connectivity index is 2.42. The zero-order valence-corrected chi connectivity index (χ0v) is 12.9. The quantitative estimate of drug-likeness (QED) is 0.422. The van der Waals surface area contributed by atoms with Gasteiger partial charge in [-0.3, -0.25) is 9.59 Å². The first-order chi connectivity index (χ1) is 10.3. The van der Waals surface area contributed by atoms with Gasteiger partial charge in [-0.15, -0.1) is 0 Å². The minimum absolute atomic E-state index is 0.0361. The molecule has 1 heterocycles. The van der Waals surface area contributed by atoms with Crippen LogP contribution in [0.25, 0.3) is 0 Å². The van der Waals surface area contributed by atoms with Crippen LogP contribution in [-0.2, 0) is 23.9 Å². The third-order valence-corrected chi connectivity index (χ3v) is 4.02. The number of hydrogen-bond donors (Lipinski definition) is 0. The molecule has 3 atom stereocenters. The smallest absolute Gasteiger partial charge is 0.334 e. The molecule has 0 radical (unpaired) electrons. The highest BCUT2D eigenvalue weighted by Gasteiger charge is 2.44. The lowest BCUT2D eigenvalue weighted by atomic mass is 9.84. The van der Waals surface area contributed by atoms with E-state index in [0.29, 0.717) is 18.4 Å². The summed E-state index contributed by atoms with van der Waals surface area (Å²) < 4.78 is 10.7. The van der Waals surface area contributed by atoms with Gasteiger partial charge in [0.05, 0.1) is 5.92 Å². The first-order valence-electron chi connectivity index (χ1n) is 7.25. The van der Waals surface area contributed by atoms with E-state index >= 15 is 0 Å². The molecule has 5 heteroatoms. The number of ketones is 1. The molecule has 2 rings (SSSR count). The fourth-order valence-electron chi connectivity index (χ4n) is 2.84. The summed E-state index contributed by atoms with van der Waals surface area (Å²) >= 11 is 0. The van der Waals surface area contributed by atoms with Crippen molar-refractivity contribution in [1.82, 2.24) is 0 Å². The molecule has 1 aliphatic carbocycles. The molecule has 1 aliphatic heterocycles. The van der Waals surface area contributed by atoms with Crippen molar-refractivity contribution in [2.75, 3.05) is 0 Å². The van der Waals surface area contributed by atoms with Crippen LogP contribution in [0, 0.1) is 5.92 Å². The van der Waals surface area contributed by atoms with Crippen LogP contribution in [-0.4, -0.2) is 29.9 Å². The minimum atomic E-state index is -0.623. The Morgan fingerprint density at radius 1 is 1.32 bits per heavy atom. The van der Waals surface area contributed by atoms with Crippen LogP contribution in [0.1, 0.15) is 33.1 Å². The number of esters is 2. The SMILES string of the molecule is C=C1CC2OC(=O)C(=C)C2C(OC(C)=O)/C=C(/C)CCC1=O. The molecule has 0 aromatic heterocycles. The summed E-state index contributed by atoms with van der Waals surface area (Å²) in [7, 11) is 0. The van der Waals surface area contributed by atoms with E-state index in [1.54, 1.807) is 6.08 Å². The summed E-state index contributed by atoms with van der Waals surface area (Å²) in [4.78, 5) is 35.2. The van der Waals surface area contributed by atoms with Gasteiger partial charge in [0.1, 0.15) is 12.2 Å². The summed E-state index contributed by atoms with van der Waals surface area (Å²) in [6, 6.07) is 0. The minimum Gasteiger partial charge on any atom is -0.458 e. The van der Waals surface area contributed by atoms with Crippen molar-refractivity contribution in [3.05, 3.63) is 36.0 Å². The second kappa shape index (κ2) is 6.30. The van der Waals surface area contributed by atoms with Crippen LogP contribution in [0.4, 0.5) is 0 Å². The van der Waals surface area contributed by atoms with Crippen molar-refractivity contribution in [1.29, 1.82) is 0 Å². The second-order valence-electron chi connectivity index (χ2n) is 5.81. The topological polar surface area (TPSA) is 69.7 Å². The Morgan fingerprint density at radius 2 is 2.00 bits per heavy atom. The number of carbonyl (C=O) groups is 3. The molecule has 2 aliphatic rings. The van der Waals surface area contributed by atoms with Gasteiger partial charge in [-0.2, -0.15) is 0 Å². The number of allylic oxidation sites excluding steroid dienone is 1. The van der Waals surface area contributed by atoms with Crippen molar-refractivity contribution >= 4 is 17.7 Å². The summed E-state index contributed by atoms with van der Waals surface area (Å²) in [5, 5.41) is 0. The third kappa shape index (κ3) is 3.35. The third-order valence-electron chi connectivity index (χ3n) is 4.02. The molecule has 0 saturated carbocycles. The standard InChI is InChI=1S/C17H20O5/c1-9-5-6-13(19)10(2)8-15-16(11(3)17(20)22-15)14(7-9)21-12(4)18/h7,14-16H,2-3,5-6,8H2,1,4H3/b9-7-. The predicted molar refractivity (Wildman–Crippen MR) is 79.8 cm³/mol. The Bertz CT molecular complexity index is 584. The lowest BCUT2D eigenvalue weighted by molar-refractivity contribution is -0.147. The largest absolute Gasteiger partial charge is 0.458 e. The van der Waals surface area contributed by atoms with Crippen LogP contribution in [0.15, 0.2) is 36.0 Å². The molecule has 5 nitrogen and oxygen atoms in total. The van der Waals surface area contributed by atoms with Gasteiger partial charge in [0.2, 0.25) is 0 Å². The Labute approximate surface area is 129 Å². The number of hydrogen-bond acceptors (Lipinski definition) is 5. The normalized spacial score (nSPS) is 31.9. The highest BCUT2D eigenvalue weighted by atomic mass is 16.6. The molecule has 0 aromatic carbocycles. The average molecular weight is 304 g/mol. The summed E-state index contributed by atoms with van der Waals surface area (Å²) in [6.07, 6.45) is 1.73. The molecule has 3 unspecified atom stereocenters. The van der Waals surface area contributed by atoms with Gasteiger partial charge < -0.3 is 9.47 Å². The fraction of sp³-hybridized carbons (Fsp3) is 0.471. The van der Waals surface area contributed by atoms with Crippen molar-refractivity contribution in [2.24, 2.45) is 5.92 Å². The summed E-state index contributed by atoms with van der Waals surface area (Å²) in [6.45, 7) is 10.7. The van der Waals surface area contributed by atoms with E-state index in [9.17, 15) is 14.4 Å². The highest BCUT2D eigenvalue weighted by molar-refractivity contribution is 5.95. The monoisotopic (exact) mass is 304 g/mol. The summed E-state index contributed by atoms with van der Waals surface area (Å²) in [5.41, 5.74) is 1.61. The van der Waals surface area contributed by atoms with Crippen molar-refractivity contribution < 1.29 is 23.9 Å². The van der Waals surface area contributed by atoms with Crippen molar-refractivity contribution in [3.8, 4) is 0 Å². The van der Waals surface area contributed by atoms with Gasteiger partial charge in [0.15, 0.2) is 5.78 Å². The second-order valence-corrected chi connectivity index (χ2v) is 5.81. The van der Waals surface area contributed by atoms with E-state index < -0.39 is 30.1 Å². The van der Waals surface area contributed by atoms with Gasteiger partial charge in [-0.25, -0.2) is 4.79 Å². The summed E-state index contributed by atoms with van der Waals surface area (Å²) in [5.74, 6) is -1.48. The van der Waals surface area contributed by atoms with E-state index in [1.807, 2.05) is 6.92 Å². The van der Waals surface area contributed by atoms with E-state index in [1.165, 1.54) is 6.92 Å². The molecule has 22 heavy (non-hydrogen) atoms. The van der Waals surface area contributed by atoms with Crippen LogP contribution < -0.4 is 0 Å². The van der Waals surface area contributed by atoms with E-state index in [-0.39, 0.29) is 17.8 Å². The van der Waals surface area contributed by atoms with E-state index in [2.05, 4.69) is 13.2 Å². The van der Waals surface area contributed by atoms with Crippen LogP contribution in [0.5, 0.6) is 0 Å². The molecular weight excluding hydrogens is 284 g/mol. The molecule has 0 N–H and O–H groups in total. The first kappa shape index (κ1) is 16.2. The van der Waals surface area contributed by atoms with Crippen molar-refractivity contribution in [2.45, 2.75) is 45.3 Å². The number of Topliss-reactive ketones (excluding diaryl/α,β-unsaturated/α-hetero) is 1. The Morgan fingerprint density at radius 3 is 2.64 bits per heavy atom. The lowest BCUT2D eigenvalue weighted by Gasteiger charge is -2.26. The molecule has 0 aromatic rings. The maximum Gasteiger partial charge on any atom is 0.334 e. The molecular formula is C17H20O5. The number of carbonyl (C=O) groups excluding carboxylic acids is 3. The number of rotatable bonds is 1. The lowest BCUT2D eigenvalue weighted by Crippen LogP contribution is -2.33. The number of fused-ring (bicyclic) bond motifs is 1. The molecule has 0 amide bonds. The number of ether oxygens (including phenoxy) is 2. The first-order valence-corrected chi connectivity index (χ1v) is 7.25. The highest BCUT2D eigenvalue weighted by Crippen LogP contribution is 2.36. The molecule has 0 bridgehead atoms. The Kier molecular flexibility index (Phi) is 4.64. The maximum atomic E-state index is 12.0. The molecule has 1 fully saturated rings. The average Bonchev–Trinajstić information content (AvgIpc) is 2.69. The molecule has 1 saturated heterocycles. The van der Waals surface area contributed by atoms with Crippen molar-refractivity contribution in [3.63, 3.8) is 0 Å².